The Kier molecular flexibility index (Phi) is 58.3. The molecule has 28 nitrogen and oxygen atoms in total. The number of carbonyl (C=O) groups excluding carboxylic acids is 7. The molecule has 0 aromatic heterocycles. The summed E-state index contributed by atoms with van der Waals surface area (Å²) in [5, 5.41) is 61.8. The Morgan fingerprint density at radius 2 is 0.571 bits per heavy atom. The Balaban J connectivity index is 0.000000778. The van der Waals surface area contributed by atoms with Crippen molar-refractivity contribution in [2.24, 2.45) is 29.6 Å². The maximum absolute atomic E-state index is 12.3. The zero-order valence-electron chi connectivity index (χ0n) is 80.4. The fraction of sp³-hybridized carbons (Fsp3) is 0.456. The number of carboxylic acids is 7. The van der Waals surface area contributed by atoms with Gasteiger partial charge in [-0.25, -0.2) is 0 Å². The van der Waals surface area contributed by atoms with Crippen LogP contribution in [0.3, 0.4) is 0 Å². The molecule has 7 N–H and O–H groups in total. The molecule has 7 aromatic carbocycles. The zero-order valence-corrected chi connectivity index (χ0v) is 81.9. The lowest BCUT2D eigenvalue weighted by Crippen LogP contribution is -2.40. The lowest BCUT2D eigenvalue weighted by atomic mass is 10.0. The van der Waals surface area contributed by atoms with Crippen LogP contribution in [0.5, 0.6) is 0 Å². The number of unbranched alkanes of at least 4 members (excludes halogenated alkanes) is 10. The predicted octanol–water partition coefficient (Wildman–Crippen LogP) is 21.0. The molecule has 5 atom stereocenters. The van der Waals surface area contributed by atoms with Crippen molar-refractivity contribution in [3.05, 3.63) is 208 Å². The fourth-order valence-corrected chi connectivity index (χ4v) is 13.8. The summed E-state index contributed by atoms with van der Waals surface area (Å²) in [6.07, 6.45) is 13.0. The highest BCUT2D eigenvalue weighted by atomic mass is 35.5. The van der Waals surface area contributed by atoms with Crippen molar-refractivity contribution in [1.82, 2.24) is 0 Å². The van der Waals surface area contributed by atoms with Crippen molar-refractivity contribution in [1.29, 1.82) is 0 Å². The second-order valence-corrected chi connectivity index (χ2v) is 34.3. The zero-order chi connectivity index (χ0) is 101. The van der Waals surface area contributed by atoms with Gasteiger partial charge in [0.15, 0.2) is 0 Å². The lowest BCUT2D eigenvalue weighted by molar-refractivity contribution is -0.140. The van der Waals surface area contributed by atoms with Gasteiger partial charge >= 0.3 is 41.8 Å². The molecule has 7 amide bonds. The SMILES string of the molecule is CC(CC(=O)O)C(=O)N(c1ccccc1)C(C)C.CCN(C(=O)CCCCCCCCC(=O)O)c1ccc(Cl)cc1.CN(C(=O)CCCCCCCCC(=O)O)c1ccc(Cl)cc1.Cc1ccc(N(C)C(=O)C(C)CC(=O)O)cc1.Cc1ccc(N(C)C(=O)CC(C)CC(=O)O)cc1.Cc1ccccc1N(C)C(=O)C(C)CC(=O)O.Cc1ccccc1N(C)C(=O)CC(C)CC(=O)O. The Hall–Kier alpha value is -12.3. The molecule has 133 heavy (non-hydrogen) atoms. The van der Waals surface area contributed by atoms with Gasteiger partial charge in [0.2, 0.25) is 41.4 Å². The van der Waals surface area contributed by atoms with Crippen molar-refractivity contribution in [2.75, 3.05) is 76.1 Å². The average molecular weight is 1880 g/mol. The van der Waals surface area contributed by atoms with Crippen LogP contribution in [-0.2, 0) is 67.1 Å². The molecule has 0 saturated heterocycles. The van der Waals surface area contributed by atoms with Gasteiger partial charge in [-0.2, -0.15) is 0 Å². The van der Waals surface area contributed by atoms with E-state index in [0.29, 0.717) is 29.4 Å². The minimum absolute atomic E-state index is 0.00357. The monoisotopic (exact) mass is 1880 g/mol. The summed E-state index contributed by atoms with van der Waals surface area (Å²) in [7, 11) is 8.53. The van der Waals surface area contributed by atoms with Crippen molar-refractivity contribution >= 4 is 146 Å². The summed E-state index contributed by atoms with van der Waals surface area (Å²) in [5.74, 6) is -8.29. The highest BCUT2D eigenvalue weighted by molar-refractivity contribution is 6.31. The van der Waals surface area contributed by atoms with Gasteiger partial charge in [0.25, 0.3) is 0 Å². The molecule has 0 bridgehead atoms. The smallest absolute Gasteiger partial charge is 0.304 e. The number of amides is 7. The third kappa shape index (κ3) is 50.2. The molecule has 7 aromatic rings. The first-order valence-electron chi connectivity index (χ1n) is 45.0. The topological polar surface area (TPSA) is 403 Å². The first-order valence-corrected chi connectivity index (χ1v) is 45.7. The molecule has 7 rings (SSSR count). The van der Waals surface area contributed by atoms with E-state index in [0.717, 1.165) is 139 Å². The van der Waals surface area contributed by atoms with Gasteiger partial charge in [-0.05, 0) is 194 Å². The van der Waals surface area contributed by atoms with Gasteiger partial charge < -0.3 is 70.0 Å². The van der Waals surface area contributed by atoms with Crippen LogP contribution < -0.4 is 34.3 Å². The van der Waals surface area contributed by atoms with Crippen LogP contribution in [0.15, 0.2) is 176 Å². The molecule has 0 aliphatic carbocycles. The number of anilines is 7. The number of carbonyl (C=O) groups is 14. The number of hydrogen-bond acceptors (Lipinski definition) is 14. The van der Waals surface area contributed by atoms with Crippen molar-refractivity contribution < 1.29 is 103 Å². The Labute approximate surface area is 795 Å². The predicted molar refractivity (Wildman–Crippen MR) is 527 cm³/mol. The number of halogens is 2. The van der Waals surface area contributed by atoms with Crippen LogP contribution in [-0.4, -0.2) is 167 Å². The van der Waals surface area contributed by atoms with Crippen LogP contribution in [0.1, 0.15) is 225 Å². The van der Waals surface area contributed by atoms with Gasteiger partial charge in [0, 0.05) is 167 Å². The van der Waals surface area contributed by atoms with E-state index in [2.05, 4.69) is 0 Å². The van der Waals surface area contributed by atoms with Gasteiger partial charge in [-0.15, -0.1) is 0 Å². The van der Waals surface area contributed by atoms with E-state index in [-0.39, 0.29) is 117 Å². The van der Waals surface area contributed by atoms with Gasteiger partial charge in [0.1, 0.15) is 0 Å². The quantitative estimate of drug-likeness (QED) is 0.0174. The molecule has 5 unspecified atom stereocenters. The first kappa shape index (κ1) is 119. The standard InChI is InChI=1S/C18H26ClNO3.C17H24ClNO3.3C14H19NO3.2C13H17NO3/c1-2-20(16-13-11-15(19)12-14-16)17(21)9-7-5-3-4-6-8-10-18(22)23;1-19(15-12-10-14(18)11-13-15)16(20)8-6-4-2-3-5-7-9-17(21)22;1-10-4-6-12(7-5-10)15(3)13(16)8-11(2)9-14(17)18;1-10(9-14(17)18)8-13(16)15(3)12-7-5-4-6-11(12)2;1-10(2)15(12-7-5-4-6-8-12)14(18)11(3)9-13(16)17;1-9-4-6-11(7-5-9)14(3)13(17)10(2)8-12(15)16;1-9-6-4-5-7-11(9)14(3)13(17)10(2)8-12(15)16/h11-14H,2-10H2,1H3,(H,22,23);10-13H,2-9H2,1H3,(H,21,22);4-7,11H,8-9H2,1-3H3,(H,17,18);4-7,10H,8-9H2,1-3H3,(H,17,18);4-8,10-11H,9H2,1-3H3,(H,16,17);2*4-7,10H,8H2,1-3H3,(H,15,16). The fourth-order valence-electron chi connectivity index (χ4n) is 13.5. The van der Waals surface area contributed by atoms with Crippen LogP contribution in [0.4, 0.5) is 39.8 Å². The molecule has 0 fully saturated rings. The Bertz CT molecular complexity index is 4750. The minimum atomic E-state index is -0.955. The van der Waals surface area contributed by atoms with E-state index in [1.807, 2.05) is 200 Å². The second-order valence-electron chi connectivity index (χ2n) is 33.5. The van der Waals surface area contributed by atoms with Crippen LogP contribution in [0.25, 0.3) is 0 Å². The lowest BCUT2D eigenvalue weighted by Gasteiger charge is -2.29. The molecule has 0 radical (unpaired) electrons. The molecule has 0 aliphatic heterocycles. The van der Waals surface area contributed by atoms with E-state index in [4.69, 9.17) is 58.9 Å². The number of aliphatic carboxylic acids is 7. The Morgan fingerprint density at radius 3 is 0.925 bits per heavy atom. The van der Waals surface area contributed by atoms with Crippen molar-refractivity contribution in [3.8, 4) is 0 Å². The van der Waals surface area contributed by atoms with Crippen LogP contribution >= 0.6 is 23.2 Å². The highest BCUT2D eigenvalue weighted by Crippen LogP contribution is 2.28. The average Bonchev–Trinajstić information content (AvgIpc) is 0.839. The summed E-state index contributed by atoms with van der Waals surface area (Å²) in [5.41, 5.74) is 10.1. The molecule has 30 heteroatoms. The largest absolute Gasteiger partial charge is 0.481 e. The summed E-state index contributed by atoms with van der Waals surface area (Å²) < 4.78 is 0. The minimum Gasteiger partial charge on any atom is -0.481 e. The number of carboxylic acid groups (broad SMARTS) is 7. The summed E-state index contributed by atoms with van der Waals surface area (Å²) >= 11 is 11.7. The van der Waals surface area contributed by atoms with E-state index in [1.165, 1.54) is 9.80 Å². The number of benzene rings is 7. The number of nitrogens with zero attached hydrogens (tertiary/aromatic N) is 7. The Morgan fingerprint density at radius 1 is 0.278 bits per heavy atom. The van der Waals surface area contributed by atoms with E-state index in [9.17, 15) is 67.1 Å². The summed E-state index contributed by atoms with van der Waals surface area (Å²) in [6, 6.07) is 54.2. The maximum atomic E-state index is 12.3. The molecule has 0 heterocycles. The summed E-state index contributed by atoms with van der Waals surface area (Å²) in [4.78, 5) is 169. The summed E-state index contributed by atoms with van der Waals surface area (Å²) in [6.45, 7) is 22.7. The highest BCUT2D eigenvalue weighted by Gasteiger charge is 2.28. The first-order chi connectivity index (χ1) is 62.6. The number of aryl methyl sites for hydroxylation is 4. The van der Waals surface area contributed by atoms with E-state index >= 15 is 0 Å². The van der Waals surface area contributed by atoms with Crippen molar-refractivity contribution in [3.63, 3.8) is 0 Å². The van der Waals surface area contributed by atoms with Crippen molar-refractivity contribution in [2.45, 2.75) is 237 Å². The molecule has 0 spiro atoms. The third-order valence-corrected chi connectivity index (χ3v) is 21.7. The van der Waals surface area contributed by atoms with Gasteiger partial charge in [-0.3, -0.25) is 67.1 Å². The van der Waals surface area contributed by atoms with Gasteiger partial charge in [-0.1, -0.05) is 199 Å². The van der Waals surface area contributed by atoms with E-state index in [1.54, 1.807) is 119 Å². The van der Waals surface area contributed by atoms with Crippen LogP contribution in [0, 0.1) is 57.3 Å². The van der Waals surface area contributed by atoms with Crippen LogP contribution in [0.2, 0.25) is 10.0 Å². The normalized spacial score (nSPS) is 11.5. The molecular formula is C103H141Cl2N7O21. The third-order valence-electron chi connectivity index (χ3n) is 21.2. The number of para-hydroxylation sites is 3. The van der Waals surface area contributed by atoms with Gasteiger partial charge in [0.05, 0.1) is 19.3 Å². The second kappa shape index (κ2) is 65.3. The number of hydrogen-bond donors (Lipinski definition) is 7. The molecule has 0 aliphatic rings. The van der Waals surface area contributed by atoms with E-state index < -0.39 is 59.5 Å². The molecule has 0 saturated carbocycles. The number of rotatable bonds is 44. The maximum Gasteiger partial charge on any atom is 0.304 e. The molecule has 728 valence electrons. The molecular weight excluding hydrogens is 1740 g/mol.